The Morgan fingerprint density at radius 2 is 2.11 bits per heavy atom. The van der Waals surface area contributed by atoms with E-state index in [0.29, 0.717) is 11.0 Å². The molecule has 4 heterocycles. The predicted octanol–water partition coefficient (Wildman–Crippen LogP) is 4.71. The maximum Gasteiger partial charge on any atom is 0.155 e. The van der Waals surface area contributed by atoms with Crippen molar-refractivity contribution >= 4 is 34.0 Å². The largest absolute Gasteiger partial charge is 0.356 e. The molecule has 5 rings (SSSR count). The molecule has 0 radical (unpaired) electrons. The molecule has 1 fully saturated rings. The summed E-state index contributed by atoms with van der Waals surface area (Å²) in [6, 6.07) is 13.5. The van der Waals surface area contributed by atoms with Crippen molar-refractivity contribution in [1.82, 2.24) is 24.5 Å². The molecule has 1 atom stereocenters. The summed E-state index contributed by atoms with van der Waals surface area (Å²) in [7, 11) is 0. The fourth-order valence-corrected chi connectivity index (χ4v) is 3.63. The van der Waals surface area contributed by atoms with Crippen LogP contribution in [-0.2, 0) is 4.74 Å². The Labute approximate surface area is 166 Å². The quantitative estimate of drug-likeness (QED) is 0.507. The van der Waals surface area contributed by atoms with Crippen LogP contribution in [0.2, 0.25) is 5.15 Å². The van der Waals surface area contributed by atoms with Crippen LogP contribution in [0.1, 0.15) is 25.5 Å². The zero-order valence-electron chi connectivity index (χ0n) is 15.1. The van der Waals surface area contributed by atoms with Crippen LogP contribution in [0, 0.1) is 0 Å². The molecular formula is C20H19ClN6O. The first-order chi connectivity index (χ1) is 13.8. The van der Waals surface area contributed by atoms with Crippen molar-refractivity contribution in [2.45, 2.75) is 25.5 Å². The molecule has 28 heavy (non-hydrogen) atoms. The molecule has 0 bridgehead atoms. The summed E-state index contributed by atoms with van der Waals surface area (Å²) in [4.78, 5) is 4.27. The second-order valence-corrected chi connectivity index (χ2v) is 7.16. The Balaban J connectivity index is 1.37. The van der Waals surface area contributed by atoms with Crippen molar-refractivity contribution in [3.05, 3.63) is 60.0 Å². The topological polar surface area (TPSA) is 69.8 Å². The molecule has 1 saturated heterocycles. The van der Waals surface area contributed by atoms with Crippen LogP contribution in [0.5, 0.6) is 0 Å². The summed E-state index contributed by atoms with van der Waals surface area (Å²) in [5, 5.41) is 13.9. The number of nitrogens with zero attached hydrogens (tertiary/aromatic N) is 5. The molecule has 8 heteroatoms. The van der Waals surface area contributed by atoms with Crippen molar-refractivity contribution in [3.63, 3.8) is 0 Å². The van der Waals surface area contributed by atoms with E-state index < -0.39 is 0 Å². The number of halogens is 1. The van der Waals surface area contributed by atoms with Crippen LogP contribution < -0.4 is 5.32 Å². The maximum atomic E-state index is 5.96. The normalized spacial score (nSPS) is 17.1. The summed E-state index contributed by atoms with van der Waals surface area (Å²) in [5.41, 5.74) is 2.02. The molecule has 0 spiro atoms. The number of aromatic nitrogens is 5. The number of rotatable bonds is 4. The number of hydrogen-bond acceptors (Lipinski definition) is 5. The molecule has 1 N–H and O–H groups in total. The van der Waals surface area contributed by atoms with Gasteiger partial charge >= 0.3 is 0 Å². The molecule has 1 aliphatic rings. The number of nitrogens with one attached hydrogen (secondary N) is 1. The third-order valence-electron chi connectivity index (χ3n) is 4.82. The smallest absolute Gasteiger partial charge is 0.155 e. The number of anilines is 2. The minimum absolute atomic E-state index is 0.0333. The first-order valence-electron chi connectivity index (χ1n) is 9.31. The molecular weight excluding hydrogens is 376 g/mol. The van der Waals surface area contributed by atoms with Gasteiger partial charge in [0.2, 0.25) is 0 Å². The van der Waals surface area contributed by atoms with E-state index in [-0.39, 0.29) is 6.23 Å². The average molecular weight is 395 g/mol. The highest BCUT2D eigenvalue weighted by atomic mass is 35.5. The molecule has 1 aliphatic heterocycles. The van der Waals surface area contributed by atoms with Gasteiger partial charge in [0, 0.05) is 29.9 Å². The highest BCUT2D eigenvalue weighted by Gasteiger charge is 2.18. The first kappa shape index (κ1) is 17.2. The van der Waals surface area contributed by atoms with Gasteiger partial charge in [-0.3, -0.25) is 0 Å². The van der Waals surface area contributed by atoms with Crippen LogP contribution in [0.15, 0.2) is 54.9 Å². The van der Waals surface area contributed by atoms with E-state index >= 15 is 0 Å². The van der Waals surface area contributed by atoms with E-state index in [4.69, 9.17) is 16.3 Å². The summed E-state index contributed by atoms with van der Waals surface area (Å²) in [6.07, 6.45) is 7.07. The lowest BCUT2D eigenvalue weighted by molar-refractivity contribution is -0.0366. The lowest BCUT2D eigenvalue weighted by Crippen LogP contribution is -2.18. The predicted molar refractivity (Wildman–Crippen MR) is 108 cm³/mol. The zero-order valence-corrected chi connectivity index (χ0v) is 15.9. The van der Waals surface area contributed by atoms with Gasteiger partial charge in [0.25, 0.3) is 0 Å². The van der Waals surface area contributed by atoms with E-state index in [1.807, 2.05) is 41.3 Å². The summed E-state index contributed by atoms with van der Waals surface area (Å²) >= 11 is 5.96. The zero-order chi connectivity index (χ0) is 18.9. The molecule has 1 unspecified atom stereocenters. The highest BCUT2D eigenvalue weighted by molar-refractivity contribution is 6.29. The van der Waals surface area contributed by atoms with E-state index in [1.54, 1.807) is 10.7 Å². The average Bonchev–Trinajstić information content (AvgIpc) is 3.35. The third-order valence-corrected chi connectivity index (χ3v) is 5.03. The minimum atomic E-state index is 0.0333. The molecule has 3 aromatic heterocycles. The van der Waals surface area contributed by atoms with Crippen molar-refractivity contribution in [3.8, 4) is 5.82 Å². The van der Waals surface area contributed by atoms with Gasteiger partial charge < -0.3 is 10.1 Å². The van der Waals surface area contributed by atoms with Gasteiger partial charge in [0.1, 0.15) is 5.15 Å². The molecule has 0 aliphatic carbocycles. The fraction of sp³-hybridized carbons (Fsp3) is 0.250. The van der Waals surface area contributed by atoms with E-state index in [9.17, 15) is 0 Å². The molecule has 0 saturated carbocycles. The third kappa shape index (κ3) is 3.34. The van der Waals surface area contributed by atoms with Gasteiger partial charge in [0.05, 0.1) is 11.7 Å². The number of benzene rings is 1. The lowest BCUT2D eigenvalue weighted by Gasteiger charge is -2.23. The van der Waals surface area contributed by atoms with Crippen molar-refractivity contribution < 1.29 is 4.74 Å². The Hall–Kier alpha value is -2.90. The van der Waals surface area contributed by atoms with Crippen LogP contribution in [-0.4, -0.2) is 31.2 Å². The summed E-state index contributed by atoms with van der Waals surface area (Å²) < 4.78 is 9.54. The number of pyridine rings is 1. The van der Waals surface area contributed by atoms with Gasteiger partial charge in [-0.15, -0.1) is 5.10 Å². The maximum absolute atomic E-state index is 5.96. The van der Waals surface area contributed by atoms with Crippen LogP contribution >= 0.6 is 11.6 Å². The SMILES string of the molecule is Clc1cccc(-n2ccc(Nc3ccc4c(cnn4C4CCCCO4)c3)n2)n1. The molecule has 142 valence electrons. The highest BCUT2D eigenvalue weighted by Crippen LogP contribution is 2.28. The van der Waals surface area contributed by atoms with Crippen LogP contribution in [0.3, 0.4) is 0 Å². The van der Waals surface area contributed by atoms with Gasteiger partial charge in [-0.25, -0.2) is 14.3 Å². The van der Waals surface area contributed by atoms with Crippen molar-refractivity contribution in [2.24, 2.45) is 0 Å². The Morgan fingerprint density at radius 3 is 2.96 bits per heavy atom. The lowest BCUT2D eigenvalue weighted by atomic mass is 10.2. The van der Waals surface area contributed by atoms with E-state index in [2.05, 4.69) is 32.6 Å². The van der Waals surface area contributed by atoms with Gasteiger partial charge in [-0.05, 0) is 49.6 Å². The van der Waals surface area contributed by atoms with Crippen LogP contribution in [0.25, 0.3) is 16.7 Å². The van der Waals surface area contributed by atoms with Crippen molar-refractivity contribution in [1.29, 1.82) is 0 Å². The summed E-state index contributed by atoms with van der Waals surface area (Å²) in [6.45, 7) is 0.801. The number of hydrogen-bond donors (Lipinski definition) is 1. The molecule has 1 aromatic carbocycles. The van der Waals surface area contributed by atoms with Crippen LogP contribution in [0.4, 0.5) is 11.5 Å². The number of fused-ring (bicyclic) bond motifs is 1. The Kier molecular flexibility index (Phi) is 4.46. The van der Waals surface area contributed by atoms with Gasteiger partial charge in [0.15, 0.2) is 17.9 Å². The monoisotopic (exact) mass is 394 g/mol. The van der Waals surface area contributed by atoms with Crippen molar-refractivity contribution in [2.75, 3.05) is 11.9 Å². The second-order valence-electron chi connectivity index (χ2n) is 6.77. The van der Waals surface area contributed by atoms with Gasteiger partial charge in [-0.2, -0.15) is 5.10 Å². The molecule has 7 nitrogen and oxygen atoms in total. The fourth-order valence-electron chi connectivity index (χ4n) is 3.47. The standard InChI is InChI=1S/C20H19ClN6O/c21-17-4-3-5-19(24-17)26-10-9-18(25-26)23-15-7-8-16-14(12-15)13-22-27(16)20-6-1-2-11-28-20/h3-5,7-10,12-13,20H,1-2,6,11H2,(H,23,25). The Morgan fingerprint density at radius 1 is 1.14 bits per heavy atom. The summed E-state index contributed by atoms with van der Waals surface area (Å²) in [5.74, 6) is 1.40. The Bertz CT molecular complexity index is 1110. The first-order valence-corrected chi connectivity index (χ1v) is 9.68. The van der Waals surface area contributed by atoms with Gasteiger partial charge in [-0.1, -0.05) is 17.7 Å². The van der Waals surface area contributed by atoms with E-state index in [1.165, 1.54) is 6.42 Å². The minimum Gasteiger partial charge on any atom is -0.356 e. The number of ether oxygens (including phenoxy) is 1. The van der Waals surface area contributed by atoms with E-state index in [0.717, 1.165) is 41.9 Å². The molecule has 4 aromatic rings. The molecule has 0 amide bonds. The second kappa shape index (κ2) is 7.26.